The van der Waals surface area contributed by atoms with Crippen LogP contribution in [0.5, 0.6) is 0 Å². The summed E-state index contributed by atoms with van der Waals surface area (Å²) in [6, 6.07) is 7.10. The maximum Gasteiger partial charge on any atom is 0.169 e. The molecule has 0 unspecified atom stereocenters. The van der Waals surface area contributed by atoms with Crippen molar-refractivity contribution in [3.63, 3.8) is 0 Å². The van der Waals surface area contributed by atoms with Crippen LogP contribution in [-0.2, 0) is 35.5 Å². The zero-order valence-corrected chi connectivity index (χ0v) is 12.7. The lowest BCUT2D eigenvalue weighted by atomic mass is 10.2. The van der Waals surface area contributed by atoms with Crippen molar-refractivity contribution in [1.29, 1.82) is 0 Å². The number of hydrogen-bond donors (Lipinski definition) is 0. The summed E-state index contributed by atoms with van der Waals surface area (Å²) in [6.07, 6.45) is 8.16. The maximum absolute atomic E-state index is 10.5. The number of carbonyl (C=O) groups excluding carboxylic acids is 2. The van der Waals surface area contributed by atoms with Crippen molar-refractivity contribution in [3.8, 4) is 0 Å². The van der Waals surface area contributed by atoms with Gasteiger partial charge in [0.1, 0.15) is 0 Å². The van der Waals surface area contributed by atoms with Crippen LogP contribution in [0.1, 0.15) is 17.5 Å². The van der Waals surface area contributed by atoms with Crippen molar-refractivity contribution in [3.05, 3.63) is 60.2 Å². The highest BCUT2D eigenvalue weighted by molar-refractivity contribution is 5.68. The van der Waals surface area contributed by atoms with Gasteiger partial charge in [-0.2, -0.15) is 0 Å². The Morgan fingerprint density at radius 1 is 0.739 bits per heavy atom. The number of pyridine rings is 2. The molecule has 6 heteroatoms. The van der Waals surface area contributed by atoms with E-state index in [0.29, 0.717) is 0 Å². The Morgan fingerprint density at radius 2 is 1.09 bits per heavy atom. The minimum atomic E-state index is -1.08. The molecule has 0 spiro atoms. The van der Waals surface area contributed by atoms with E-state index in [1.54, 1.807) is 24.3 Å². The number of aryl methyl sites for hydroxylation is 2. The van der Waals surface area contributed by atoms with E-state index in [4.69, 9.17) is 0 Å². The number of aromatic nitrogens is 2. The molecule has 0 aliphatic rings. The largest absolute Gasteiger partial charge is 0.550 e. The molecule has 0 N–H and O–H groups in total. The summed E-state index contributed by atoms with van der Waals surface area (Å²) in [4.78, 5) is 21.0. The van der Waals surface area contributed by atoms with Crippen molar-refractivity contribution < 1.29 is 28.9 Å². The lowest BCUT2D eigenvalue weighted by Gasteiger charge is -2.02. The normalized spacial score (nSPS) is 10.4. The lowest BCUT2D eigenvalue weighted by molar-refractivity contribution is -0.727. The monoisotopic (exact) mass is 314 g/mol. The van der Waals surface area contributed by atoms with Crippen molar-refractivity contribution in [1.82, 2.24) is 0 Å². The van der Waals surface area contributed by atoms with Gasteiger partial charge in [0, 0.05) is 49.0 Å². The van der Waals surface area contributed by atoms with Crippen molar-refractivity contribution in [2.24, 2.45) is 0 Å². The number of nitrogens with zero attached hydrogens (tertiary/aromatic N) is 2. The van der Waals surface area contributed by atoms with Gasteiger partial charge in [0.25, 0.3) is 0 Å². The molecular weight excluding hydrogens is 296 g/mol. The Bertz CT molecular complexity index is 606. The van der Waals surface area contributed by atoms with Gasteiger partial charge in [-0.1, -0.05) is 0 Å². The van der Waals surface area contributed by atoms with Crippen LogP contribution in [0.2, 0.25) is 0 Å². The molecule has 2 heterocycles. The summed E-state index contributed by atoms with van der Waals surface area (Å²) < 4.78 is 3.98. The molecule has 23 heavy (non-hydrogen) atoms. The molecular formula is C17H18N2O4. The van der Waals surface area contributed by atoms with E-state index in [0.717, 1.165) is 30.6 Å². The molecule has 2 aromatic heterocycles. The standard InChI is InChI=1S/C17H18N2O4/c20-16(21)12-14-2-8-18(9-3-14)6-1-7-19-10-4-15(5-11-19)13-17(22)23/h2-5,8-11H,1,6-7,12-13H2. The van der Waals surface area contributed by atoms with Crippen LogP contribution in [0, 0.1) is 0 Å². The molecule has 0 aliphatic carbocycles. The number of carboxylic acids is 2. The van der Waals surface area contributed by atoms with Crippen molar-refractivity contribution in [2.45, 2.75) is 32.4 Å². The quantitative estimate of drug-likeness (QED) is 0.524. The SMILES string of the molecule is O=C([O-])Cc1cc[n+](CCC[n+]2ccc(CC(=O)[O-])cc2)cc1. The number of aliphatic carboxylic acids is 2. The average molecular weight is 314 g/mol. The van der Waals surface area contributed by atoms with Gasteiger partial charge in [-0.3, -0.25) is 0 Å². The number of carbonyl (C=O) groups is 2. The van der Waals surface area contributed by atoms with Crippen LogP contribution >= 0.6 is 0 Å². The topological polar surface area (TPSA) is 88.0 Å². The zero-order valence-electron chi connectivity index (χ0n) is 12.7. The fraction of sp³-hybridized carbons (Fsp3) is 0.294. The molecule has 0 atom stereocenters. The second kappa shape index (κ2) is 8.03. The van der Waals surface area contributed by atoms with Gasteiger partial charge < -0.3 is 19.8 Å². The lowest BCUT2D eigenvalue weighted by Crippen LogP contribution is -2.38. The fourth-order valence-corrected chi connectivity index (χ4v) is 2.28. The average Bonchev–Trinajstić information content (AvgIpc) is 2.50. The van der Waals surface area contributed by atoms with Gasteiger partial charge >= 0.3 is 0 Å². The first kappa shape index (κ1) is 16.6. The van der Waals surface area contributed by atoms with Gasteiger partial charge in [0.05, 0.1) is 6.42 Å². The Hall–Kier alpha value is -2.76. The van der Waals surface area contributed by atoms with Crippen LogP contribution in [0.3, 0.4) is 0 Å². The van der Waals surface area contributed by atoms with Crippen LogP contribution in [0.15, 0.2) is 49.1 Å². The Labute approximate surface area is 134 Å². The minimum absolute atomic E-state index is 0.0745. The Morgan fingerprint density at radius 3 is 1.39 bits per heavy atom. The summed E-state index contributed by atoms with van der Waals surface area (Å²) >= 11 is 0. The molecule has 0 bridgehead atoms. The van der Waals surface area contributed by atoms with Crippen LogP contribution in [-0.4, -0.2) is 11.9 Å². The minimum Gasteiger partial charge on any atom is -0.550 e. The molecule has 0 aromatic carbocycles. The predicted octanol–water partition coefficient (Wildman–Crippen LogP) is -2.06. The van der Waals surface area contributed by atoms with E-state index < -0.39 is 11.9 Å². The van der Waals surface area contributed by atoms with Crippen LogP contribution in [0.4, 0.5) is 0 Å². The van der Waals surface area contributed by atoms with E-state index in [-0.39, 0.29) is 12.8 Å². The number of hydrogen-bond acceptors (Lipinski definition) is 4. The van der Waals surface area contributed by atoms with E-state index in [2.05, 4.69) is 0 Å². The molecule has 0 saturated carbocycles. The molecule has 0 saturated heterocycles. The molecule has 0 radical (unpaired) electrons. The highest BCUT2D eigenvalue weighted by Crippen LogP contribution is 1.97. The smallest absolute Gasteiger partial charge is 0.169 e. The molecule has 0 fully saturated rings. The summed E-state index contributed by atoms with van der Waals surface area (Å²) in [5, 5.41) is 21.0. The highest BCUT2D eigenvalue weighted by atomic mass is 16.4. The summed E-state index contributed by atoms with van der Waals surface area (Å²) in [5.74, 6) is -2.16. The first-order valence-corrected chi connectivity index (χ1v) is 7.38. The third-order valence-electron chi connectivity index (χ3n) is 3.45. The highest BCUT2D eigenvalue weighted by Gasteiger charge is 2.05. The van der Waals surface area contributed by atoms with Crippen molar-refractivity contribution >= 4 is 11.9 Å². The van der Waals surface area contributed by atoms with Crippen molar-refractivity contribution in [2.75, 3.05) is 0 Å². The van der Waals surface area contributed by atoms with Gasteiger partial charge in [-0.05, 0) is 11.1 Å². The van der Waals surface area contributed by atoms with E-state index in [9.17, 15) is 19.8 Å². The summed E-state index contributed by atoms with van der Waals surface area (Å²) in [5.41, 5.74) is 1.44. The van der Waals surface area contributed by atoms with Gasteiger partial charge in [-0.25, -0.2) is 9.13 Å². The number of rotatable bonds is 8. The van der Waals surface area contributed by atoms with Gasteiger partial charge in [-0.15, -0.1) is 0 Å². The Balaban J connectivity index is 1.80. The van der Waals surface area contributed by atoms with Gasteiger partial charge in [0.2, 0.25) is 0 Å². The second-order valence-electron chi connectivity index (χ2n) is 5.34. The zero-order chi connectivity index (χ0) is 16.7. The molecule has 2 aromatic rings. The summed E-state index contributed by atoms with van der Waals surface area (Å²) in [6.45, 7) is 1.61. The summed E-state index contributed by atoms with van der Waals surface area (Å²) in [7, 11) is 0. The van der Waals surface area contributed by atoms with E-state index in [1.807, 2.05) is 33.9 Å². The molecule has 2 rings (SSSR count). The third kappa shape index (κ3) is 5.86. The number of carboxylic acid groups (broad SMARTS) is 2. The van der Waals surface area contributed by atoms with E-state index in [1.165, 1.54) is 0 Å². The first-order valence-electron chi connectivity index (χ1n) is 7.38. The Kier molecular flexibility index (Phi) is 5.80. The van der Waals surface area contributed by atoms with E-state index >= 15 is 0 Å². The van der Waals surface area contributed by atoms with Crippen LogP contribution < -0.4 is 19.3 Å². The third-order valence-corrected chi connectivity index (χ3v) is 3.45. The predicted molar refractivity (Wildman–Crippen MR) is 75.3 cm³/mol. The molecule has 120 valence electrons. The first-order chi connectivity index (χ1) is 11.0. The maximum atomic E-state index is 10.5. The van der Waals surface area contributed by atoms with Gasteiger partial charge in [0.15, 0.2) is 37.9 Å². The second-order valence-corrected chi connectivity index (χ2v) is 5.34. The fourth-order valence-electron chi connectivity index (χ4n) is 2.28. The molecule has 0 amide bonds. The molecule has 6 nitrogen and oxygen atoms in total. The van der Waals surface area contributed by atoms with Crippen LogP contribution in [0.25, 0.3) is 0 Å². The molecule has 0 aliphatic heterocycles.